The normalized spacial score (nSPS) is 10.4. The van der Waals surface area contributed by atoms with Crippen LogP contribution in [0.5, 0.6) is 0 Å². The van der Waals surface area contributed by atoms with Crippen LogP contribution in [-0.2, 0) is 0 Å². The predicted molar refractivity (Wildman–Crippen MR) is 82.9 cm³/mol. The Morgan fingerprint density at radius 1 is 1.20 bits per heavy atom. The summed E-state index contributed by atoms with van der Waals surface area (Å²) in [6.45, 7) is 0. The number of benzene rings is 2. The van der Waals surface area contributed by atoms with Gasteiger partial charge < -0.3 is 11.1 Å². The standard InChI is InChI=1S/C13H8ClF2IN2O/c14-6-1-2-10(17)7(3-6)13(20)19-12-5-11(18)8(15)4-9(12)16/h1-5H,18H2,(H,19,20). The van der Waals surface area contributed by atoms with E-state index in [1.807, 2.05) is 22.6 Å². The lowest BCUT2D eigenvalue weighted by molar-refractivity contribution is 0.102. The fourth-order valence-electron chi connectivity index (χ4n) is 1.52. The Morgan fingerprint density at radius 2 is 1.90 bits per heavy atom. The maximum atomic E-state index is 13.5. The number of halogens is 4. The van der Waals surface area contributed by atoms with Gasteiger partial charge in [-0.3, -0.25) is 4.79 Å². The van der Waals surface area contributed by atoms with Crippen LogP contribution in [0.15, 0.2) is 30.3 Å². The maximum Gasteiger partial charge on any atom is 0.256 e. The van der Waals surface area contributed by atoms with Crippen molar-refractivity contribution in [2.75, 3.05) is 11.1 Å². The van der Waals surface area contributed by atoms with Gasteiger partial charge >= 0.3 is 0 Å². The molecule has 2 aromatic carbocycles. The Labute approximate surface area is 132 Å². The van der Waals surface area contributed by atoms with Crippen LogP contribution < -0.4 is 11.1 Å². The van der Waals surface area contributed by atoms with Gasteiger partial charge in [0.1, 0.15) is 11.6 Å². The van der Waals surface area contributed by atoms with Crippen LogP contribution in [-0.4, -0.2) is 5.91 Å². The molecule has 0 saturated heterocycles. The van der Waals surface area contributed by atoms with Crippen LogP contribution in [0.2, 0.25) is 5.02 Å². The zero-order chi connectivity index (χ0) is 14.9. The molecule has 3 nitrogen and oxygen atoms in total. The van der Waals surface area contributed by atoms with Crippen molar-refractivity contribution in [3.8, 4) is 0 Å². The van der Waals surface area contributed by atoms with E-state index in [0.29, 0.717) is 20.2 Å². The lowest BCUT2D eigenvalue weighted by atomic mass is 10.2. The average Bonchev–Trinajstić information content (AvgIpc) is 2.38. The summed E-state index contributed by atoms with van der Waals surface area (Å²) in [4.78, 5) is 12.1. The third-order valence-electron chi connectivity index (χ3n) is 2.51. The topological polar surface area (TPSA) is 55.1 Å². The number of carbonyl (C=O) groups is 1. The van der Waals surface area contributed by atoms with E-state index in [1.165, 1.54) is 6.07 Å². The molecule has 20 heavy (non-hydrogen) atoms. The number of amides is 1. The van der Waals surface area contributed by atoms with Crippen LogP contribution in [0, 0.1) is 15.2 Å². The van der Waals surface area contributed by atoms with Crippen molar-refractivity contribution in [3.05, 3.63) is 56.1 Å². The van der Waals surface area contributed by atoms with Crippen LogP contribution in [0.3, 0.4) is 0 Å². The highest BCUT2D eigenvalue weighted by Gasteiger charge is 2.14. The van der Waals surface area contributed by atoms with Crippen molar-refractivity contribution in [2.45, 2.75) is 0 Å². The summed E-state index contributed by atoms with van der Waals surface area (Å²) >= 11 is 7.77. The van der Waals surface area contributed by atoms with Gasteiger partial charge in [-0.2, -0.15) is 0 Å². The lowest BCUT2D eigenvalue weighted by Gasteiger charge is -2.09. The molecule has 0 aliphatic rings. The third-order valence-corrected chi connectivity index (χ3v) is 3.68. The SMILES string of the molecule is Nc1cc(NC(=O)c2cc(Cl)ccc2I)c(F)cc1F. The minimum atomic E-state index is -0.901. The molecule has 0 unspecified atom stereocenters. The Hall–Kier alpha value is -1.41. The summed E-state index contributed by atoms with van der Waals surface area (Å²) in [5, 5.41) is 2.72. The number of anilines is 2. The van der Waals surface area contributed by atoms with Crippen molar-refractivity contribution in [1.82, 2.24) is 0 Å². The summed E-state index contributed by atoms with van der Waals surface area (Å²) in [6.07, 6.45) is 0. The number of nitrogens with two attached hydrogens (primary N) is 1. The first-order chi connectivity index (χ1) is 9.38. The van der Waals surface area contributed by atoms with Gasteiger partial charge in [0, 0.05) is 14.7 Å². The minimum Gasteiger partial charge on any atom is -0.396 e. The molecule has 0 heterocycles. The number of nitrogens with one attached hydrogen (secondary N) is 1. The maximum absolute atomic E-state index is 13.5. The van der Waals surface area contributed by atoms with Gasteiger partial charge in [0.05, 0.1) is 16.9 Å². The second-order valence-corrected chi connectivity index (χ2v) is 5.53. The van der Waals surface area contributed by atoms with Gasteiger partial charge in [0.2, 0.25) is 0 Å². The zero-order valence-corrected chi connectivity index (χ0v) is 12.8. The van der Waals surface area contributed by atoms with Crippen molar-refractivity contribution < 1.29 is 13.6 Å². The van der Waals surface area contributed by atoms with Gasteiger partial charge in [-0.15, -0.1) is 0 Å². The van der Waals surface area contributed by atoms with Gasteiger partial charge in [-0.25, -0.2) is 8.78 Å². The molecule has 0 atom stereocenters. The molecule has 104 valence electrons. The van der Waals surface area contributed by atoms with Gasteiger partial charge in [0.15, 0.2) is 0 Å². The molecular formula is C13H8ClF2IN2O. The van der Waals surface area contributed by atoms with E-state index < -0.39 is 17.5 Å². The van der Waals surface area contributed by atoms with E-state index in [2.05, 4.69) is 5.32 Å². The minimum absolute atomic E-state index is 0.190. The molecule has 7 heteroatoms. The van der Waals surface area contributed by atoms with E-state index in [4.69, 9.17) is 17.3 Å². The monoisotopic (exact) mass is 408 g/mol. The highest BCUT2D eigenvalue weighted by molar-refractivity contribution is 14.1. The highest BCUT2D eigenvalue weighted by Crippen LogP contribution is 2.23. The average molecular weight is 409 g/mol. The fourth-order valence-corrected chi connectivity index (χ4v) is 2.28. The molecule has 0 aromatic heterocycles. The molecule has 2 aromatic rings. The molecule has 2 rings (SSSR count). The van der Waals surface area contributed by atoms with Gasteiger partial charge in [0.25, 0.3) is 5.91 Å². The molecule has 0 bridgehead atoms. The van der Waals surface area contributed by atoms with E-state index in [-0.39, 0.29) is 11.4 Å². The van der Waals surface area contributed by atoms with Crippen molar-refractivity contribution in [1.29, 1.82) is 0 Å². The smallest absolute Gasteiger partial charge is 0.256 e. The van der Waals surface area contributed by atoms with Gasteiger partial charge in [-0.1, -0.05) is 11.6 Å². The Balaban J connectivity index is 2.32. The summed E-state index contributed by atoms with van der Waals surface area (Å²) in [7, 11) is 0. The number of carbonyl (C=O) groups excluding carboxylic acids is 1. The number of hydrogen-bond donors (Lipinski definition) is 2. The van der Waals surface area contributed by atoms with Crippen LogP contribution in [0.4, 0.5) is 20.2 Å². The number of rotatable bonds is 2. The van der Waals surface area contributed by atoms with E-state index >= 15 is 0 Å². The summed E-state index contributed by atoms with van der Waals surface area (Å²) in [6, 6.07) is 6.40. The molecule has 0 aliphatic carbocycles. The van der Waals surface area contributed by atoms with Crippen LogP contribution in [0.25, 0.3) is 0 Å². The molecule has 0 saturated carbocycles. The van der Waals surface area contributed by atoms with Crippen molar-refractivity contribution in [2.24, 2.45) is 0 Å². The van der Waals surface area contributed by atoms with Crippen molar-refractivity contribution >= 4 is 51.5 Å². The molecule has 0 aliphatic heterocycles. The first-order valence-electron chi connectivity index (χ1n) is 5.39. The molecular weight excluding hydrogens is 401 g/mol. The van der Waals surface area contributed by atoms with Crippen molar-refractivity contribution in [3.63, 3.8) is 0 Å². The predicted octanol–water partition coefficient (Wildman–Crippen LogP) is 4.06. The molecule has 3 N–H and O–H groups in total. The van der Waals surface area contributed by atoms with Gasteiger partial charge in [-0.05, 0) is 46.9 Å². The summed E-state index contributed by atoms with van der Waals surface area (Å²) in [5.41, 5.74) is 5.20. The van der Waals surface area contributed by atoms with Crippen LogP contribution in [0.1, 0.15) is 10.4 Å². The Morgan fingerprint density at radius 3 is 2.60 bits per heavy atom. The molecule has 0 radical (unpaired) electrons. The first kappa shape index (κ1) is 15.0. The quantitative estimate of drug-likeness (QED) is 0.582. The fraction of sp³-hybridized carbons (Fsp3) is 0. The second kappa shape index (κ2) is 5.92. The number of nitrogen functional groups attached to an aromatic ring is 1. The van der Waals surface area contributed by atoms with E-state index in [1.54, 1.807) is 12.1 Å². The molecule has 0 fully saturated rings. The summed E-state index contributed by atoms with van der Waals surface area (Å²) < 4.78 is 27.2. The first-order valence-corrected chi connectivity index (χ1v) is 6.85. The zero-order valence-electron chi connectivity index (χ0n) is 9.88. The van der Waals surface area contributed by atoms with E-state index in [0.717, 1.165) is 6.07 Å². The highest BCUT2D eigenvalue weighted by atomic mass is 127. The Bertz CT molecular complexity index is 694. The summed E-state index contributed by atoms with van der Waals surface area (Å²) in [5.74, 6) is -2.33. The number of hydrogen-bond acceptors (Lipinski definition) is 2. The largest absolute Gasteiger partial charge is 0.396 e. The molecule has 1 amide bonds. The lowest BCUT2D eigenvalue weighted by Crippen LogP contribution is -2.15. The van der Waals surface area contributed by atoms with E-state index in [9.17, 15) is 13.6 Å². The van der Waals surface area contributed by atoms with Crippen LogP contribution >= 0.6 is 34.2 Å². The third kappa shape index (κ3) is 3.18. The Kier molecular flexibility index (Phi) is 4.44. The second-order valence-electron chi connectivity index (χ2n) is 3.93. The molecule has 0 spiro atoms.